The third-order valence-electron chi connectivity index (χ3n) is 5.28. The highest BCUT2D eigenvalue weighted by Crippen LogP contribution is 2.51. The van der Waals surface area contributed by atoms with Gasteiger partial charge in [-0.2, -0.15) is 0 Å². The Balaban J connectivity index is 1.33. The summed E-state index contributed by atoms with van der Waals surface area (Å²) >= 11 is 0. The molecule has 1 spiro atoms. The van der Waals surface area contributed by atoms with Crippen LogP contribution in [0.5, 0.6) is 0 Å². The van der Waals surface area contributed by atoms with Crippen LogP contribution in [0.2, 0.25) is 0 Å². The van der Waals surface area contributed by atoms with Crippen LogP contribution in [-0.2, 0) is 4.79 Å². The van der Waals surface area contributed by atoms with E-state index in [-0.39, 0.29) is 11.9 Å². The van der Waals surface area contributed by atoms with E-state index in [0.29, 0.717) is 24.4 Å². The van der Waals surface area contributed by atoms with Crippen LogP contribution in [-0.4, -0.2) is 42.5 Å². The fourth-order valence-corrected chi connectivity index (χ4v) is 4.11. The maximum atomic E-state index is 11.9. The average Bonchev–Trinajstić information content (AvgIpc) is 2.37. The van der Waals surface area contributed by atoms with Crippen molar-refractivity contribution in [1.82, 2.24) is 10.2 Å². The third kappa shape index (κ3) is 2.16. The van der Waals surface area contributed by atoms with Gasteiger partial charge in [0.1, 0.15) is 0 Å². The molecule has 22 heavy (non-hydrogen) atoms. The highest BCUT2D eigenvalue weighted by Gasteiger charge is 2.54. The Kier molecular flexibility index (Phi) is 2.93. The van der Waals surface area contributed by atoms with Gasteiger partial charge in [-0.25, -0.2) is 4.79 Å². The van der Waals surface area contributed by atoms with Gasteiger partial charge in [-0.3, -0.25) is 10.1 Å². The summed E-state index contributed by atoms with van der Waals surface area (Å²) in [6.45, 7) is 4.87. The summed E-state index contributed by atoms with van der Waals surface area (Å²) in [4.78, 5) is 27.3. The molecule has 0 radical (unpaired) electrons. The Morgan fingerprint density at radius 1 is 1.23 bits per heavy atom. The molecule has 0 unspecified atom stereocenters. The van der Waals surface area contributed by atoms with Crippen molar-refractivity contribution in [2.24, 2.45) is 5.41 Å². The summed E-state index contributed by atoms with van der Waals surface area (Å²) in [7, 11) is 0. The van der Waals surface area contributed by atoms with E-state index in [2.05, 4.69) is 41.4 Å². The molecule has 1 N–H and O–H groups in total. The van der Waals surface area contributed by atoms with Gasteiger partial charge in [-0.1, -0.05) is 12.1 Å². The number of rotatable bonds is 2. The molecule has 5 heteroatoms. The molecular weight excluding hydrogens is 278 g/mol. The van der Waals surface area contributed by atoms with Gasteiger partial charge in [-0.05, 0) is 37.5 Å². The molecule has 3 fully saturated rings. The minimum atomic E-state index is -0.203. The molecule has 0 bridgehead atoms. The molecule has 1 aliphatic carbocycles. The van der Waals surface area contributed by atoms with E-state index in [1.807, 2.05) is 4.90 Å². The lowest BCUT2D eigenvalue weighted by Gasteiger charge is -2.61. The lowest BCUT2D eigenvalue weighted by atomic mass is 9.60. The van der Waals surface area contributed by atoms with E-state index in [0.717, 1.165) is 25.9 Å². The van der Waals surface area contributed by atoms with E-state index in [9.17, 15) is 9.59 Å². The molecule has 2 aliphatic heterocycles. The van der Waals surface area contributed by atoms with Gasteiger partial charge in [-0.15, -0.1) is 0 Å². The number of carbonyl (C=O) groups is 2. The number of nitrogens with one attached hydrogen (secondary N) is 1. The lowest BCUT2D eigenvalue weighted by molar-refractivity contribution is -0.122. The molecule has 4 rings (SSSR count). The van der Waals surface area contributed by atoms with Crippen LogP contribution in [0.4, 0.5) is 10.5 Å². The Morgan fingerprint density at radius 3 is 2.68 bits per heavy atom. The third-order valence-corrected chi connectivity index (χ3v) is 5.28. The van der Waals surface area contributed by atoms with Crippen LogP contribution in [0, 0.1) is 12.3 Å². The smallest absolute Gasteiger partial charge is 0.324 e. The second kappa shape index (κ2) is 4.73. The van der Waals surface area contributed by atoms with Gasteiger partial charge in [0.15, 0.2) is 0 Å². The molecule has 0 atom stereocenters. The highest BCUT2D eigenvalue weighted by atomic mass is 16.2. The van der Waals surface area contributed by atoms with Crippen LogP contribution in [0.3, 0.4) is 0 Å². The quantitative estimate of drug-likeness (QED) is 0.907. The van der Waals surface area contributed by atoms with Crippen molar-refractivity contribution in [3.05, 3.63) is 29.8 Å². The summed E-state index contributed by atoms with van der Waals surface area (Å²) in [6.07, 6.45) is 2.57. The van der Waals surface area contributed by atoms with Crippen LogP contribution in [0.15, 0.2) is 24.3 Å². The van der Waals surface area contributed by atoms with Gasteiger partial charge >= 0.3 is 6.03 Å². The molecule has 1 aromatic rings. The first-order chi connectivity index (χ1) is 10.5. The Hall–Kier alpha value is -2.04. The Bertz CT molecular complexity index is 629. The molecule has 3 amide bonds. The minimum Gasteiger partial charge on any atom is -0.370 e. The van der Waals surface area contributed by atoms with Gasteiger partial charge in [0.25, 0.3) is 0 Å². The SMILES string of the molecule is Cc1cccc(N2CC3(CC(N4CCC(=O)NC4=O)C3)C2)c1. The number of nitrogens with zero attached hydrogens (tertiary/aromatic N) is 2. The zero-order chi connectivity index (χ0) is 15.3. The number of urea groups is 1. The Labute approximate surface area is 130 Å². The predicted molar refractivity (Wildman–Crippen MR) is 83.7 cm³/mol. The second-order valence-corrected chi connectivity index (χ2v) is 7.05. The zero-order valence-electron chi connectivity index (χ0n) is 12.8. The van der Waals surface area contributed by atoms with Crippen molar-refractivity contribution in [3.8, 4) is 0 Å². The fourth-order valence-electron chi connectivity index (χ4n) is 4.11. The first-order valence-corrected chi connectivity index (χ1v) is 7.97. The molecule has 116 valence electrons. The summed E-state index contributed by atoms with van der Waals surface area (Å²) < 4.78 is 0. The van der Waals surface area contributed by atoms with E-state index < -0.39 is 0 Å². The number of imide groups is 1. The summed E-state index contributed by atoms with van der Waals surface area (Å²) in [5, 5.41) is 2.42. The maximum absolute atomic E-state index is 11.9. The molecular formula is C17H21N3O2. The molecule has 2 heterocycles. The number of amides is 3. The molecule has 1 aromatic carbocycles. The van der Waals surface area contributed by atoms with Crippen LogP contribution in [0.25, 0.3) is 0 Å². The number of aryl methyl sites for hydroxylation is 1. The number of hydrogen-bond donors (Lipinski definition) is 1. The Morgan fingerprint density at radius 2 is 2.00 bits per heavy atom. The normalized spacial score (nSPS) is 24.0. The lowest BCUT2D eigenvalue weighted by Crippen LogP contribution is -2.68. The molecule has 0 aromatic heterocycles. The highest BCUT2D eigenvalue weighted by molar-refractivity contribution is 5.96. The number of benzene rings is 1. The maximum Gasteiger partial charge on any atom is 0.324 e. The number of anilines is 1. The van der Waals surface area contributed by atoms with Crippen LogP contribution >= 0.6 is 0 Å². The fraction of sp³-hybridized carbons (Fsp3) is 0.529. The topological polar surface area (TPSA) is 52.6 Å². The average molecular weight is 299 g/mol. The molecule has 2 saturated heterocycles. The van der Waals surface area contributed by atoms with Gasteiger partial charge in [0.05, 0.1) is 0 Å². The van der Waals surface area contributed by atoms with E-state index in [1.165, 1.54) is 11.3 Å². The van der Waals surface area contributed by atoms with E-state index in [4.69, 9.17) is 0 Å². The van der Waals surface area contributed by atoms with Crippen molar-refractivity contribution in [3.63, 3.8) is 0 Å². The van der Waals surface area contributed by atoms with Gasteiger partial charge < -0.3 is 9.80 Å². The van der Waals surface area contributed by atoms with Crippen molar-refractivity contribution in [2.45, 2.75) is 32.2 Å². The minimum absolute atomic E-state index is 0.149. The zero-order valence-corrected chi connectivity index (χ0v) is 12.8. The second-order valence-electron chi connectivity index (χ2n) is 7.05. The molecule has 1 saturated carbocycles. The largest absolute Gasteiger partial charge is 0.370 e. The van der Waals surface area contributed by atoms with E-state index >= 15 is 0 Å². The summed E-state index contributed by atoms with van der Waals surface area (Å²) in [6, 6.07) is 8.73. The van der Waals surface area contributed by atoms with Crippen molar-refractivity contribution in [2.75, 3.05) is 24.5 Å². The van der Waals surface area contributed by atoms with Crippen molar-refractivity contribution in [1.29, 1.82) is 0 Å². The number of hydrogen-bond acceptors (Lipinski definition) is 3. The predicted octanol–water partition coefficient (Wildman–Crippen LogP) is 1.91. The van der Waals surface area contributed by atoms with Crippen LogP contribution < -0.4 is 10.2 Å². The first-order valence-electron chi connectivity index (χ1n) is 7.97. The van der Waals surface area contributed by atoms with Gasteiger partial charge in [0.2, 0.25) is 5.91 Å². The van der Waals surface area contributed by atoms with Gasteiger partial charge in [0, 0.05) is 43.2 Å². The number of carbonyl (C=O) groups excluding carboxylic acids is 2. The monoisotopic (exact) mass is 299 g/mol. The molecule has 3 aliphatic rings. The molecule has 5 nitrogen and oxygen atoms in total. The van der Waals surface area contributed by atoms with Crippen molar-refractivity contribution < 1.29 is 9.59 Å². The summed E-state index contributed by atoms with van der Waals surface area (Å²) in [5.41, 5.74) is 2.98. The summed E-state index contributed by atoms with van der Waals surface area (Å²) in [5.74, 6) is -0.149. The van der Waals surface area contributed by atoms with E-state index in [1.54, 1.807) is 0 Å². The van der Waals surface area contributed by atoms with Crippen molar-refractivity contribution >= 4 is 17.6 Å². The first kappa shape index (κ1) is 13.6. The van der Waals surface area contributed by atoms with Crippen LogP contribution in [0.1, 0.15) is 24.8 Å². The standard InChI is InChI=1S/C17H21N3O2/c1-12-3-2-4-13(7-12)19-10-17(11-19)8-14(9-17)20-6-5-15(21)18-16(20)22/h2-4,7,14H,5-6,8-11H2,1H3,(H,18,21,22).